The molecule has 4 heteroatoms. The lowest BCUT2D eigenvalue weighted by Crippen LogP contribution is -2.14. The predicted octanol–water partition coefficient (Wildman–Crippen LogP) is 4.34. The van der Waals surface area contributed by atoms with Crippen molar-refractivity contribution in [1.82, 2.24) is 9.97 Å². The maximum atomic E-state index is 4.82. The van der Waals surface area contributed by atoms with Crippen LogP contribution in [0.4, 0.5) is 5.82 Å². The fourth-order valence-electron chi connectivity index (χ4n) is 2.95. The highest BCUT2D eigenvalue weighted by atomic mass is 32.1. The molecule has 0 radical (unpaired) electrons. The lowest BCUT2D eigenvalue weighted by Gasteiger charge is -2.25. The molecule has 0 aromatic carbocycles. The van der Waals surface area contributed by atoms with Gasteiger partial charge in [-0.25, -0.2) is 9.97 Å². The lowest BCUT2D eigenvalue weighted by atomic mass is 9.82. The zero-order valence-corrected chi connectivity index (χ0v) is 12.7. The Labute approximate surface area is 118 Å². The third-order valence-electron chi connectivity index (χ3n) is 4.15. The molecule has 2 aromatic rings. The van der Waals surface area contributed by atoms with Crippen molar-refractivity contribution in [2.75, 3.05) is 12.4 Å². The monoisotopic (exact) mass is 275 g/mol. The highest BCUT2D eigenvalue weighted by molar-refractivity contribution is 7.18. The van der Waals surface area contributed by atoms with Gasteiger partial charge in [-0.15, -0.1) is 11.3 Å². The summed E-state index contributed by atoms with van der Waals surface area (Å²) in [4.78, 5) is 12.0. The van der Waals surface area contributed by atoms with Crippen LogP contribution in [-0.2, 0) is 0 Å². The molecule has 3 rings (SSSR count). The minimum Gasteiger partial charge on any atom is -0.372 e. The second kappa shape index (κ2) is 5.08. The van der Waals surface area contributed by atoms with Crippen molar-refractivity contribution in [2.24, 2.45) is 5.92 Å². The minimum atomic E-state index is 0.551. The van der Waals surface area contributed by atoms with Gasteiger partial charge in [0.15, 0.2) is 0 Å². The molecule has 1 saturated carbocycles. The summed E-state index contributed by atoms with van der Waals surface area (Å²) in [6.45, 7) is 4.48. The van der Waals surface area contributed by atoms with E-state index in [1.165, 1.54) is 30.6 Å². The molecule has 19 heavy (non-hydrogen) atoms. The Hall–Kier alpha value is -1.16. The Morgan fingerprint density at radius 3 is 2.63 bits per heavy atom. The van der Waals surface area contributed by atoms with Crippen LogP contribution in [0.3, 0.4) is 0 Å². The summed E-state index contributed by atoms with van der Waals surface area (Å²) in [7, 11) is 1.95. The van der Waals surface area contributed by atoms with E-state index >= 15 is 0 Å². The Kier molecular flexibility index (Phi) is 3.44. The van der Waals surface area contributed by atoms with Crippen LogP contribution in [0.5, 0.6) is 0 Å². The topological polar surface area (TPSA) is 37.8 Å². The third kappa shape index (κ3) is 2.46. The average molecular weight is 275 g/mol. The molecule has 2 heterocycles. The summed E-state index contributed by atoms with van der Waals surface area (Å²) in [6.07, 6.45) is 5.09. The number of hydrogen-bond donors (Lipinski definition) is 1. The molecule has 0 aliphatic heterocycles. The minimum absolute atomic E-state index is 0.551. The molecule has 3 nitrogen and oxygen atoms in total. The fraction of sp³-hybridized carbons (Fsp3) is 0.600. The molecule has 1 N–H and O–H groups in total. The summed E-state index contributed by atoms with van der Waals surface area (Å²) < 4.78 is 0. The first-order valence-electron chi connectivity index (χ1n) is 7.13. The third-order valence-corrected chi connectivity index (χ3v) is 5.10. The molecule has 0 atom stereocenters. The van der Waals surface area contributed by atoms with Gasteiger partial charge in [-0.1, -0.05) is 19.8 Å². The zero-order chi connectivity index (χ0) is 13.4. The maximum absolute atomic E-state index is 4.82. The van der Waals surface area contributed by atoms with Crippen molar-refractivity contribution < 1.29 is 0 Å². The molecular weight excluding hydrogens is 254 g/mol. The summed E-state index contributed by atoms with van der Waals surface area (Å²) in [5.74, 6) is 3.46. The SMILES string of the molecule is CNc1nc(C2CCC(C)CC2)nc2sc(C)cc12. The zero-order valence-electron chi connectivity index (χ0n) is 11.9. The lowest BCUT2D eigenvalue weighted by molar-refractivity contribution is 0.340. The van der Waals surface area contributed by atoms with Crippen molar-refractivity contribution in [3.8, 4) is 0 Å². The first-order valence-corrected chi connectivity index (χ1v) is 7.95. The van der Waals surface area contributed by atoms with Crippen molar-refractivity contribution >= 4 is 27.4 Å². The summed E-state index contributed by atoms with van der Waals surface area (Å²) in [5.41, 5.74) is 0. The van der Waals surface area contributed by atoms with Gasteiger partial charge in [0.05, 0.1) is 5.39 Å². The number of anilines is 1. The van der Waals surface area contributed by atoms with Crippen LogP contribution in [0.15, 0.2) is 6.07 Å². The highest BCUT2D eigenvalue weighted by Gasteiger charge is 2.23. The van der Waals surface area contributed by atoms with Crippen molar-refractivity contribution in [1.29, 1.82) is 0 Å². The van der Waals surface area contributed by atoms with E-state index < -0.39 is 0 Å². The predicted molar refractivity (Wildman–Crippen MR) is 82.1 cm³/mol. The van der Waals surface area contributed by atoms with Gasteiger partial charge < -0.3 is 5.32 Å². The van der Waals surface area contributed by atoms with Crippen LogP contribution in [0.1, 0.15) is 49.2 Å². The first kappa shape index (κ1) is 12.9. The van der Waals surface area contributed by atoms with Gasteiger partial charge in [-0.05, 0) is 31.7 Å². The molecule has 1 aliphatic rings. The number of aromatic nitrogens is 2. The number of aryl methyl sites for hydroxylation is 1. The molecule has 102 valence electrons. The summed E-state index contributed by atoms with van der Waals surface area (Å²) in [6, 6.07) is 2.18. The molecule has 0 unspecified atom stereocenters. The number of rotatable bonds is 2. The van der Waals surface area contributed by atoms with Crippen molar-refractivity contribution in [3.05, 3.63) is 16.8 Å². The summed E-state index contributed by atoms with van der Waals surface area (Å²) >= 11 is 1.77. The number of nitrogens with zero attached hydrogens (tertiary/aromatic N) is 2. The van der Waals surface area contributed by atoms with Gasteiger partial charge >= 0.3 is 0 Å². The molecule has 0 amide bonds. The van der Waals surface area contributed by atoms with Gasteiger partial charge in [0.1, 0.15) is 16.5 Å². The van der Waals surface area contributed by atoms with Gasteiger partial charge in [0, 0.05) is 17.8 Å². The summed E-state index contributed by atoms with van der Waals surface area (Å²) in [5, 5.41) is 4.39. The standard InChI is InChI=1S/C15H21N3S/c1-9-4-6-11(7-5-9)13-17-14(16-3)12-8-10(2)19-15(12)18-13/h8-9,11H,4-7H2,1-3H3,(H,16,17,18). The fourth-order valence-corrected chi connectivity index (χ4v) is 3.84. The quantitative estimate of drug-likeness (QED) is 0.886. The average Bonchev–Trinajstić information content (AvgIpc) is 2.78. The normalized spacial score (nSPS) is 23.7. The van der Waals surface area contributed by atoms with Gasteiger partial charge in [0.25, 0.3) is 0 Å². The molecule has 1 aliphatic carbocycles. The van der Waals surface area contributed by atoms with E-state index in [0.717, 1.165) is 27.8 Å². The van der Waals surface area contributed by atoms with Crippen LogP contribution >= 0.6 is 11.3 Å². The second-order valence-electron chi connectivity index (χ2n) is 5.71. The Morgan fingerprint density at radius 2 is 1.95 bits per heavy atom. The molecule has 2 aromatic heterocycles. The Morgan fingerprint density at radius 1 is 1.21 bits per heavy atom. The maximum Gasteiger partial charge on any atom is 0.138 e. The Balaban J connectivity index is 1.99. The van der Waals surface area contributed by atoms with E-state index in [-0.39, 0.29) is 0 Å². The molecule has 1 fully saturated rings. The van der Waals surface area contributed by atoms with Crippen molar-refractivity contribution in [3.63, 3.8) is 0 Å². The van der Waals surface area contributed by atoms with Crippen LogP contribution < -0.4 is 5.32 Å². The van der Waals surface area contributed by atoms with Gasteiger partial charge in [0.2, 0.25) is 0 Å². The number of nitrogens with one attached hydrogen (secondary N) is 1. The first-order chi connectivity index (χ1) is 9.17. The van der Waals surface area contributed by atoms with E-state index in [4.69, 9.17) is 9.97 Å². The van der Waals surface area contributed by atoms with Crippen molar-refractivity contribution in [2.45, 2.75) is 45.4 Å². The van der Waals surface area contributed by atoms with E-state index in [1.807, 2.05) is 7.05 Å². The van der Waals surface area contributed by atoms with Gasteiger partial charge in [-0.2, -0.15) is 0 Å². The largest absolute Gasteiger partial charge is 0.372 e. The molecular formula is C15H21N3S. The number of hydrogen-bond acceptors (Lipinski definition) is 4. The molecule has 0 saturated heterocycles. The van der Waals surface area contributed by atoms with Crippen LogP contribution in [0, 0.1) is 12.8 Å². The smallest absolute Gasteiger partial charge is 0.138 e. The number of fused-ring (bicyclic) bond motifs is 1. The van der Waals surface area contributed by atoms with Crippen LogP contribution in [-0.4, -0.2) is 17.0 Å². The van der Waals surface area contributed by atoms with Crippen LogP contribution in [0.2, 0.25) is 0 Å². The molecule has 0 spiro atoms. The van der Waals surface area contributed by atoms with E-state index in [0.29, 0.717) is 5.92 Å². The molecule has 0 bridgehead atoms. The van der Waals surface area contributed by atoms with E-state index in [2.05, 4.69) is 25.2 Å². The van der Waals surface area contributed by atoms with Crippen LogP contribution in [0.25, 0.3) is 10.2 Å². The highest BCUT2D eigenvalue weighted by Crippen LogP contribution is 2.36. The van der Waals surface area contributed by atoms with Gasteiger partial charge in [-0.3, -0.25) is 0 Å². The second-order valence-corrected chi connectivity index (χ2v) is 6.95. The van der Waals surface area contributed by atoms with E-state index in [9.17, 15) is 0 Å². The van der Waals surface area contributed by atoms with E-state index in [1.54, 1.807) is 11.3 Å². The number of thiophene rings is 1. The Bertz CT molecular complexity index is 582.